The molecule has 5 N–H and O–H groups in total. The molecule has 57 heavy (non-hydrogen) atoms. The third kappa shape index (κ3) is 9.15. The lowest BCUT2D eigenvalue weighted by Crippen LogP contribution is -2.60. The molecule has 322 valence electrons. The topological polar surface area (TPSA) is 183 Å². The second kappa shape index (κ2) is 17.0. The minimum atomic E-state index is -1.96. The van der Waals surface area contributed by atoms with Crippen LogP contribution in [0.2, 0.25) is 0 Å². The molecule has 13 heteroatoms. The minimum absolute atomic E-state index is 0.0423. The predicted molar refractivity (Wildman–Crippen MR) is 208 cm³/mol. The van der Waals surface area contributed by atoms with Crippen molar-refractivity contribution in [1.29, 1.82) is 0 Å². The van der Waals surface area contributed by atoms with Crippen molar-refractivity contribution in [3.05, 3.63) is 36.0 Å². The van der Waals surface area contributed by atoms with Crippen molar-refractivity contribution in [1.82, 2.24) is 0 Å². The van der Waals surface area contributed by atoms with E-state index in [0.29, 0.717) is 56.4 Å². The molecule has 0 aliphatic carbocycles. The van der Waals surface area contributed by atoms with Crippen LogP contribution in [-0.4, -0.2) is 122 Å². The number of aliphatic hydroxyl groups is 4. The molecule has 13 nitrogen and oxygen atoms in total. The third-order valence-corrected chi connectivity index (χ3v) is 14.0. The van der Waals surface area contributed by atoms with Gasteiger partial charge in [0, 0.05) is 38.0 Å². The maximum absolute atomic E-state index is 11.6. The maximum atomic E-state index is 11.6. The van der Waals surface area contributed by atoms with Crippen LogP contribution in [-0.2, 0) is 38.0 Å². The van der Waals surface area contributed by atoms with Crippen molar-refractivity contribution in [2.75, 3.05) is 6.61 Å². The fourth-order valence-corrected chi connectivity index (χ4v) is 10.5. The molecule has 0 unspecified atom stereocenters. The van der Waals surface area contributed by atoms with E-state index >= 15 is 0 Å². The summed E-state index contributed by atoms with van der Waals surface area (Å²) in [6.45, 7) is 14.5. The summed E-state index contributed by atoms with van der Waals surface area (Å²) in [6, 6.07) is 0. The van der Waals surface area contributed by atoms with Gasteiger partial charge < -0.3 is 58.7 Å². The molecule has 0 amide bonds. The minimum Gasteiger partial charge on any atom is -0.479 e. The number of aliphatic hydroxyl groups excluding tert-OH is 3. The zero-order valence-electron chi connectivity index (χ0n) is 34.6. The Morgan fingerprint density at radius 3 is 2.49 bits per heavy atom. The average molecular weight is 805 g/mol. The van der Waals surface area contributed by atoms with E-state index in [0.717, 1.165) is 50.7 Å². The van der Waals surface area contributed by atoms with Crippen LogP contribution < -0.4 is 0 Å². The number of fused-ring (bicyclic) bond motifs is 1. The predicted octanol–water partition coefficient (Wildman–Crippen LogP) is 5.21. The number of carboxylic acid groups (broad SMARTS) is 1. The van der Waals surface area contributed by atoms with Crippen molar-refractivity contribution in [3.8, 4) is 0 Å². The van der Waals surface area contributed by atoms with Gasteiger partial charge in [-0.3, -0.25) is 0 Å². The summed E-state index contributed by atoms with van der Waals surface area (Å²) in [5.74, 6) is -3.82. The Hall–Kier alpha value is -1.75. The standard InChI is InChI=1S/C44H68O13/c1-25-21-34(55-44(23-25)35(46)12-11-31(54-44)24-41(6,50)40(48)49)26(2)9-10-30-14-18-43(53-30)19-15-33-39(57-43)36(47)29(5)38(52-33)32(45)22-28(4)37-27(3)13-17-42(56-37)16-7-8-20-51-42/h9-10,23,26-28,30-39,45-47,50H,5,7-8,11-22,24H2,1-4,6H3,(H,48,49)/b10-9+/t26-,27+,28-,30+,31+,32+,33-,34-,35+,36-,37+,38-,39-,41+,42-,43+,44+/m0/s1. The van der Waals surface area contributed by atoms with E-state index < -0.39 is 71.7 Å². The first-order chi connectivity index (χ1) is 26.9. The molecular formula is C44H68O13. The fraction of sp³-hybridized carbons (Fsp3) is 0.841. The summed E-state index contributed by atoms with van der Waals surface area (Å²) in [6.07, 6.45) is 9.37. The summed E-state index contributed by atoms with van der Waals surface area (Å²) < 4.78 is 45.2. The van der Waals surface area contributed by atoms with Crippen molar-refractivity contribution in [2.24, 2.45) is 17.8 Å². The van der Waals surface area contributed by atoms with Gasteiger partial charge in [0.25, 0.3) is 0 Å². The molecule has 3 spiro atoms. The largest absolute Gasteiger partial charge is 0.479 e. The van der Waals surface area contributed by atoms with Gasteiger partial charge in [0.15, 0.2) is 17.2 Å². The molecule has 0 radical (unpaired) electrons. The van der Waals surface area contributed by atoms with Crippen molar-refractivity contribution < 1.29 is 63.5 Å². The van der Waals surface area contributed by atoms with E-state index in [1.807, 2.05) is 19.9 Å². The van der Waals surface area contributed by atoms with Crippen molar-refractivity contribution >= 4 is 5.97 Å². The Labute approximate surface area is 337 Å². The SMILES string of the molecule is C=C1[C@H](O)[C@H]2O[C@]3(CC[C@@H](/C=C/[C@H](C)[C@@H]4CC(C)=C[C@@]5(O[C@@H](C[C@@](C)(O)C(=O)O)CC[C@H]5O)O4)O3)CC[C@@H]2O[C@@H]1[C@H](O)C[C@H](C)[C@@H]1O[C@@]2(CCCCO2)CC[C@H]1C. The van der Waals surface area contributed by atoms with Gasteiger partial charge in [-0.1, -0.05) is 45.1 Å². The first-order valence-electron chi connectivity index (χ1n) is 21.7. The molecule has 0 saturated carbocycles. The monoisotopic (exact) mass is 804 g/mol. The fourth-order valence-electron chi connectivity index (χ4n) is 10.5. The number of hydrogen-bond donors (Lipinski definition) is 5. The molecule has 7 rings (SSSR count). The second-order valence-corrected chi connectivity index (χ2v) is 18.9. The highest BCUT2D eigenvalue weighted by Gasteiger charge is 2.55. The molecule has 7 aliphatic heterocycles. The number of ether oxygens (including phenoxy) is 7. The molecule has 0 aromatic rings. The molecule has 0 aromatic carbocycles. The lowest BCUT2D eigenvalue weighted by molar-refractivity contribution is -0.321. The van der Waals surface area contributed by atoms with Crippen LogP contribution in [0.3, 0.4) is 0 Å². The van der Waals surface area contributed by atoms with E-state index in [2.05, 4.69) is 26.5 Å². The third-order valence-electron chi connectivity index (χ3n) is 14.0. The van der Waals surface area contributed by atoms with Crippen LogP contribution in [0.5, 0.6) is 0 Å². The van der Waals surface area contributed by atoms with Crippen LogP contribution in [0.4, 0.5) is 0 Å². The zero-order valence-corrected chi connectivity index (χ0v) is 34.6. The van der Waals surface area contributed by atoms with Gasteiger partial charge in [-0.25, -0.2) is 4.79 Å². The molecule has 6 saturated heterocycles. The van der Waals surface area contributed by atoms with Crippen LogP contribution in [0.25, 0.3) is 0 Å². The van der Waals surface area contributed by atoms with E-state index in [1.54, 1.807) is 6.08 Å². The van der Waals surface area contributed by atoms with Crippen LogP contribution in [0.15, 0.2) is 36.0 Å². The molecule has 0 aromatic heterocycles. The van der Waals surface area contributed by atoms with Crippen molar-refractivity contribution in [2.45, 2.75) is 209 Å². The van der Waals surface area contributed by atoms with E-state index in [-0.39, 0.29) is 36.6 Å². The lowest BCUT2D eigenvalue weighted by atomic mass is 9.79. The summed E-state index contributed by atoms with van der Waals surface area (Å²) >= 11 is 0. The molecule has 7 aliphatic rings. The molecule has 17 atom stereocenters. The summed E-state index contributed by atoms with van der Waals surface area (Å²) in [5.41, 5.74) is -0.551. The first-order valence-corrected chi connectivity index (χ1v) is 21.7. The molecule has 0 bridgehead atoms. The number of aliphatic carboxylic acids is 1. The van der Waals surface area contributed by atoms with Gasteiger partial charge in [-0.05, 0) is 95.1 Å². The maximum Gasteiger partial charge on any atom is 0.335 e. The van der Waals surface area contributed by atoms with Crippen LogP contribution >= 0.6 is 0 Å². The van der Waals surface area contributed by atoms with Gasteiger partial charge in [0.05, 0.1) is 43.2 Å². The number of carboxylic acids is 1. The molecule has 6 fully saturated rings. The van der Waals surface area contributed by atoms with E-state index in [9.17, 15) is 30.3 Å². The Kier molecular flexibility index (Phi) is 12.9. The number of carbonyl (C=O) groups is 1. The Morgan fingerprint density at radius 2 is 1.75 bits per heavy atom. The highest BCUT2D eigenvalue weighted by atomic mass is 16.7. The highest BCUT2D eigenvalue weighted by molar-refractivity contribution is 5.76. The van der Waals surface area contributed by atoms with Gasteiger partial charge in [0.2, 0.25) is 5.79 Å². The summed E-state index contributed by atoms with van der Waals surface area (Å²) in [4.78, 5) is 11.6. The highest BCUT2D eigenvalue weighted by Crippen LogP contribution is 2.47. The normalized spacial score (nSPS) is 45.4. The Bertz CT molecular complexity index is 1510. The smallest absolute Gasteiger partial charge is 0.335 e. The van der Waals surface area contributed by atoms with Gasteiger partial charge in [0.1, 0.15) is 24.4 Å². The zero-order chi connectivity index (χ0) is 40.9. The average Bonchev–Trinajstić information content (AvgIpc) is 3.56. The van der Waals surface area contributed by atoms with E-state index in [1.165, 1.54) is 6.92 Å². The van der Waals surface area contributed by atoms with E-state index in [4.69, 9.17) is 33.2 Å². The van der Waals surface area contributed by atoms with Gasteiger partial charge in [-0.2, -0.15) is 0 Å². The quantitative estimate of drug-likeness (QED) is 0.182. The lowest BCUT2D eigenvalue weighted by Gasteiger charge is -2.50. The van der Waals surface area contributed by atoms with Crippen LogP contribution in [0, 0.1) is 17.8 Å². The molecule has 7 heterocycles. The first kappa shape index (κ1) is 43.3. The summed E-state index contributed by atoms with van der Waals surface area (Å²) in [5, 5.41) is 54.0. The number of hydrogen-bond acceptors (Lipinski definition) is 12. The van der Waals surface area contributed by atoms with Crippen LogP contribution in [0.1, 0.15) is 125 Å². The van der Waals surface area contributed by atoms with Crippen molar-refractivity contribution in [3.63, 3.8) is 0 Å². The van der Waals surface area contributed by atoms with Gasteiger partial charge >= 0.3 is 5.97 Å². The second-order valence-electron chi connectivity index (χ2n) is 18.9. The van der Waals surface area contributed by atoms with Gasteiger partial charge in [-0.15, -0.1) is 0 Å². The summed E-state index contributed by atoms with van der Waals surface area (Å²) in [7, 11) is 0. The number of rotatable bonds is 10. The Morgan fingerprint density at radius 1 is 1.00 bits per heavy atom. The molecular weight excluding hydrogens is 736 g/mol. The Balaban J connectivity index is 0.920.